The largest absolute Gasteiger partial charge is 0.351 e. The molecule has 0 unspecified atom stereocenters. The maximum atomic E-state index is 11.8. The summed E-state index contributed by atoms with van der Waals surface area (Å²) in [6.07, 6.45) is 0.674. The topological polar surface area (TPSA) is 84.2 Å². The first-order valence-corrected chi connectivity index (χ1v) is 6.78. The average molecular weight is 314 g/mol. The first kappa shape index (κ1) is 19.4. The maximum Gasteiger partial charge on any atom is 0.237 e. The Morgan fingerprint density at radius 1 is 1.19 bits per heavy atom. The van der Waals surface area contributed by atoms with Crippen LogP contribution < -0.4 is 16.4 Å². The lowest BCUT2D eigenvalue weighted by atomic mass is 10.0. The van der Waals surface area contributed by atoms with Crippen LogP contribution in [0, 0.1) is 5.92 Å². The van der Waals surface area contributed by atoms with Gasteiger partial charge in [0.2, 0.25) is 11.8 Å². The van der Waals surface area contributed by atoms with Crippen molar-refractivity contribution in [3.8, 4) is 0 Å². The van der Waals surface area contributed by atoms with Gasteiger partial charge in [-0.25, -0.2) is 0 Å². The molecule has 0 heterocycles. The second kappa shape index (κ2) is 9.37. The SMILES string of the molecule is CC(=O)Nc1ccc(CNC(=O)[C@@H](N)CC(C)C)cc1.Cl. The molecule has 0 aliphatic heterocycles. The highest BCUT2D eigenvalue weighted by Gasteiger charge is 2.14. The van der Waals surface area contributed by atoms with Crippen LogP contribution >= 0.6 is 12.4 Å². The molecular weight excluding hydrogens is 290 g/mol. The number of carbonyl (C=O) groups excluding carboxylic acids is 2. The molecule has 1 aromatic carbocycles. The van der Waals surface area contributed by atoms with Crippen LogP contribution in [0.5, 0.6) is 0 Å². The van der Waals surface area contributed by atoms with Gasteiger partial charge in [0.25, 0.3) is 0 Å². The van der Waals surface area contributed by atoms with E-state index in [1.807, 2.05) is 26.0 Å². The van der Waals surface area contributed by atoms with E-state index in [1.165, 1.54) is 6.92 Å². The number of hydrogen-bond donors (Lipinski definition) is 3. The number of nitrogens with two attached hydrogens (primary N) is 1. The van der Waals surface area contributed by atoms with Gasteiger partial charge in [-0.2, -0.15) is 0 Å². The predicted octanol–water partition coefficient (Wildman–Crippen LogP) is 2.06. The zero-order valence-electron chi connectivity index (χ0n) is 12.7. The van der Waals surface area contributed by atoms with Crippen molar-refractivity contribution in [1.82, 2.24) is 5.32 Å². The van der Waals surface area contributed by atoms with Gasteiger partial charge in [-0.15, -0.1) is 12.4 Å². The molecule has 1 atom stereocenters. The number of nitrogens with one attached hydrogen (secondary N) is 2. The molecule has 2 amide bonds. The Labute approximate surface area is 132 Å². The minimum absolute atomic E-state index is 0. The summed E-state index contributed by atoms with van der Waals surface area (Å²) in [5, 5.41) is 5.50. The minimum atomic E-state index is -0.464. The molecule has 0 aromatic heterocycles. The van der Waals surface area contributed by atoms with Gasteiger partial charge in [-0.1, -0.05) is 26.0 Å². The van der Waals surface area contributed by atoms with Gasteiger partial charge in [-0.3, -0.25) is 9.59 Å². The Morgan fingerprint density at radius 2 is 1.76 bits per heavy atom. The predicted molar refractivity (Wildman–Crippen MR) is 87.3 cm³/mol. The van der Waals surface area contributed by atoms with E-state index < -0.39 is 6.04 Å². The zero-order chi connectivity index (χ0) is 15.1. The van der Waals surface area contributed by atoms with Gasteiger partial charge in [-0.05, 0) is 30.0 Å². The quantitative estimate of drug-likeness (QED) is 0.751. The van der Waals surface area contributed by atoms with Crippen molar-refractivity contribution in [2.24, 2.45) is 11.7 Å². The maximum absolute atomic E-state index is 11.8. The monoisotopic (exact) mass is 313 g/mol. The second-order valence-electron chi connectivity index (χ2n) is 5.33. The first-order valence-electron chi connectivity index (χ1n) is 6.78. The van der Waals surface area contributed by atoms with E-state index in [-0.39, 0.29) is 24.2 Å². The fraction of sp³-hybridized carbons (Fsp3) is 0.467. The van der Waals surface area contributed by atoms with Gasteiger partial charge in [0, 0.05) is 19.2 Å². The van der Waals surface area contributed by atoms with Gasteiger partial charge < -0.3 is 16.4 Å². The van der Waals surface area contributed by atoms with Crippen LogP contribution in [0.25, 0.3) is 0 Å². The van der Waals surface area contributed by atoms with Crippen molar-refractivity contribution in [2.45, 2.75) is 39.8 Å². The van der Waals surface area contributed by atoms with Crippen molar-refractivity contribution < 1.29 is 9.59 Å². The van der Waals surface area contributed by atoms with Gasteiger partial charge in [0.05, 0.1) is 6.04 Å². The number of amides is 2. The zero-order valence-corrected chi connectivity index (χ0v) is 13.5. The molecule has 5 nitrogen and oxygen atoms in total. The third kappa shape index (κ3) is 7.68. The van der Waals surface area contributed by atoms with Crippen LogP contribution in [-0.4, -0.2) is 17.9 Å². The molecule has 4 N–H and O–H groups in total. The van der Waals surface area contributed by atoms with Crippen LogP contribution in [0.3, 0.4) is 0 Å². The molecule has 21 heavy (non-hydrogen) atoms. The van der Waals surface area contributed by atoms with E-state index in [0.717, 1.165) is 11.3 Å². The van der Waals surface area contributed by atoms with E-state index in [9.17, 15) is 9.59 Å². The molecule has 6 heteroatoms. The van der Waals surface area contributed by atoms with Crippen LogP contribution in [0.2, 0.25) is 0 Å². The Balaban J connectivity index is 0.00000400. The highest BCUT2D eigenvalue weighted by atomic mass is 35.5. The Hall–Kier alpha value is -1.59. The normalized spacial score (nSPS) is 11.5. The summed E-state index contributed by atoms with van der Waals surface area (Å²) in [6, 6.07) is 6.86. The van der Waals surface area contributed by atoms with Crippen molar-refractivity contribution in [3.05, 3.63) is 29.8 Å². The third-order valence-electron chi connectivity index (χ3n) is 2.80. The minimum Gasteiger partial charge on any atom is -0.351 e. The highest BCUT2D eigenvalue weighted by Crippen LogP contribution is 2.09. The lowest BCUT2D eigenvalue weighted by Gasteiger charge is -2.14. The van der Waals surface area contributed by atoms with Crippen LogP contribution in [0.4, 0.5) is 5.69 Å². The van der Waals surface area contributed by atoms with Crippen molar-refractivity contribution in [3.63, 3.8) is 0 Å². The summed E-state index contributed by atoms with van der Waals surface area (Å²) in [5.74, 6) is 0.156. The summed E-state index contributed by atoms with van der Waals surface area (Å²) in [5.41, 5.74) is 7.50. The van der Waals surface area contributed by atoms with Gasteiger partial charge >= 0.3 is 0 Å². The number of rotatable bonds is 6. The molecule has 0 saturated heterocycles. The molecule has 1 aromatic rings. The molecule has 0 saturated carbocycles. The van der Waals surface area contributed by atoms with Crippen molar-refractivity contribution >= 4 is 29.9 Å². The Bertz CT molecular complexity index is 460. The molecule has 1 rings (SSSR count). The molecule has 0 radical (unpaired) electrons. The molecular formula is C15H24ClN3O2. The summed E-state index contributed by atoms with van der Waals surface area (Å²) >= 11 is 0. The number of hydrogen-bond acceptors (Lipinski definition) is 3. The average Bonchev–Trinajstić information content (AvgIpc) is 2.36. The smallest absolute Gasteiger partial charge is 0.237 e. The molecule has 118 valence electrons. The van der Waals surface area contributed by atoms with E-state index >= 15 is 0 Å². The van der Waals surface area contributed by atoms with Crippen molar-refractivity contribution in [2.75, 3.05) is 5.32 Å². The van der Waals surface area contributed by atoms with E-state index in [1.54, 1.807) is 12.1 Å². The third-order valence-corrected chi connectivity index (χ3v) is 2.80. The Kier molecular flexibility index (Phi) is 8.66. The number of benzene rings is 1. The summed E-state index contributed by atoms with van der Waals surface area (Å²) in [7, 11) is 0. The number of halogens is 1. The highest BCUT2D eigenvalue weighted by molar-refractivity contribution is 5.88. The van der Waals surface area contributed by atoms with Crippen LogP contribution in [0.1, 0.15) is 32.8 Å². The summed E-state index contributed by atoms with van der Waals surface area (Å²) in [6.45, 7) is 5.97. The fourth-order valence-electron chi connectivity index (χ4n) is 1.84. The van der Waals surface area contributed by atoms with Crippen molar-refractivity contribution in [1.29, 1.82) is 0 Å². The number of anilines is 1. The molecule has 0 spiro atoms. The second-order valence-corrected chi connectivity index (χ2v) is 5.33. The van der Waals surface area contributed by atoms with Gasteiger partial charge in [0.1, 0.15) is 0 Å². The standard InChI is InChI=1S/C15H23N3O2.ClH/c1-10(2)8-14(16)15(20)17-9-12-4-6-13(7-5-12)18-11(3)19;/h4-7,10,14H,8-9,16H2,1-3H3,(H,17,20)(H,18,19);1H/t14-;/m0./s1. The van der Waals surface area contributed by atoms with Crippen LogP contribution in [0.15, 0.2) is 24.3 Å². The molecule has 0 aliphatic rings. The first-order chi connectivity index (χ1) is 9.38. The summed E-state index contributed by atoms with van der Waals surface area (Å²) < 4.78 is 0. The fourth-order valence-corrected chi connectivity index (χ4v) is 1.84. The number of carbonyl (C=O) groups is 2. The van der Waals surface area contributed by atoms with E-state index in [2.05, 4.69) is 10.6 Å². The van der Waals surface area contributed by atoms with Crippen LogP contribution in [-0.2, 0) is 16.1 Å². The van der Waals surface area contributed by atoms with Gasteiger partial charge in [0.15, 0.2) is 0 Å². The molecule has 0 bridgehead atoms. The van der Waals surface area contributed by atoms with E-state index in [0.29, 0.717) is 18.9 Å². The van der Waals surface area contributed by atoms with E-state index in [4.69, 9.17) is 5.73 Å². The Morgan fingerprint density at radius 3 is 2.24 bits per heavy atom. The lowest BCUT2D eigenvalue weighted by molar-refractivity contribution is -0.122. The summed E-state index contributed by atoms with van der Waals surface area (Å²) in [4.78, 5) is 22.7. The molecule has 0 fully saturated rings. The lowest BCUT2D eigenvalue weighted by Crippen LogP contribution is -2.41. The molecule has 0 aliphatic carbocycles.